The summed E-state index contributed by atoms with van der Waals surface area (Å²) in [6, 6.07) is 7.59. The van der Waals surface area contributed by atoms with E-state index in [1.165, 1.54) is 0 Å². The van der Waals surface area contributed by atoms with E-state index in [9.17, 15) is 14.7 Å². The van der Waals surface area contributed by atoms with Crippen LogP contribution < -0.4 is 15.7 Å². The van der Waals surface area contributed by atoms with Gasteiger partial charge in [-0.1, -0.05) is 6.07 Å². The van der Waals surface area contributed by atoms with Gasteiger partial charge < -0.3 is 29.4 Å². The first-order valence-electron chi connectivity index (χ1n) is 15.3. The third-order valence-electron chi connectivity index (χ3n) is 9.59. The number of carbonyl (C=O) groups is 2. The minimum atomic E-state index is -0.752. The topological polar surface area (TPSA) is 113 Å². The van der Waals surface area contributed by atoms with E-state index in [-0.39, 0.29) is 6.54 Å². The molecule has 11 heteroatoms. The van der Waals surface area contributed by atoms with Gasteiger partial charge in [-0.2, -0.15) is 0 Å². The molecule has 2 N–H and O–H groups in total. The fourth-order valence-electron chi connectivity index (χ4n) is 6.17. The van der Waals surface area contributed by atoms with E-state index >= 15 is 0 Å². The fourth-order valence-corrected chi connectivity index (χ4v) is 6.17. The van der Waals surface area contributed by atoms with Gasteiger partial charge in [0.1, 0.15) is 11.4 Å². The van der Waals surface area contributed by atoms with Crippen molar-refractivity contribution in [3.05, 3.63) is 41.6 Å². The number of aliphatic hydroxyl groups is 1. The molecular formula is C32H43BN4O6. The molecule has 2 amide bonds. The second-order valence-corrected chi connectivity index (χ2v) is 14.4. The average molecular weight is 591 g/mol. The third kappa shape index (κ3) is 5.63. The molecule has 0 atom stereocenters. The quantitative estimate of drug-likeness (QED) is 0.476. The molecule has 2 saturated heterocycles. The molecule has 230 valence electrons. The zero-order chi connectivity index (χ0) is 30.9. The molecule has 6 rings (SSSR count). The van der Waals surface area contributed by atoms with Gasteiger partial charge in [0.25, 0.3) is 5.91 Å². The van der Waals surface area contributed by atoms with Crippen molar-refractivity contribution in [1.29, 1.82) is 0 Å². The van der Waals surface area contributed by atoms with Crippen LogP contribution >= 0.6 is 0 Å². The number of carbonyl (C=O) groups excluding carboxylic acids is 2. The van der Waals surface area contributed by atoms with Crippen LogP contribution in [0.2, 0.25) is 0 Å². The molecule has 43 heavy (non-hydrogen) atoms. The summed E-state index contributed by atoms with van der Waals surface area (Å²) < 4.78 is 18.2. The second-order valence-electron chi connectivity index (χ2n) is 14.4. The Labute approximate surface area is 254 Å². The summed E-state index contributed by atoms with van der Waals surface area (Å²) >= 11 is 0. The molecule has 3 fully saturated rings. The number of fused-ring (bicyclic) bond motifs is 1. The summed E-state index contributed by atoms with van der Waals surface area (Å²) in [5, 5.41) is 14.2. The molecule has 0 bridgehead atoms. The van der Waals surface area contributed by atoms with Crippen molar-refractivity contribution in [1.82, 2.24) is 9.88 Å². The molecular weight excluding hydrogens is 547 g/mol. The predicted molar refractivity (Wildman–Crippen MR) is 165 cm³/mol. The number of nitrogens with zero attached hydrogens (tertiary/aromatic N) is 3. The lowest BCUT2D eigenvalue weighted by molar-refractivity contribution is -0.00533. The highest BCUT2D eigenvalue weighted by atomic mass is 16.7. The van der Waals surface area contributed by atoms with Crippen LogP contribution in [-0.2, 0) is 20.6 Å². The van der Waals surface area contributed by atoms with E-state index in [1.54, 1.807) is 20.8 Å². The van der Waals surface area contributed by atoms with Crippen molar-refractivity contribution in [2.45, 2.75) is 103 Å². The van der Waals surface area contributed by atoms with Gasteiger partial charge in [-0.15, -0.1) is 0 Å². The van der Waals surface area contributed by atoms with Gasteiger partial charge in [-0.3, -0.25) is 4.79 Å². The highest BCUT2D eigenvalue weighted by Crippen LogP contribution is 2.45. The summed E-state index contributed by atoms with van der Waals surface area (Å²) in [6.45, 7) is 14.9. The van der Waals surface area contributed by atoms with Crippen molar-refractivity contribution >= 4 is 41.8 Å². The van der Waals surface area contributed by atoms with E-state index in [4.69, 9.17) is 14.0 Å². The lowest BCUT2D eigenvalue weighted by Crippen LogP contribution is -2.45. The van der Waals surface area contributed by atoms with Gasteiger partial charge in [0.05, 0.1) is 46.5 Å². The zero-order valence-corrected chi connectivity index (χ0v) is 26.3. The van der Waals surface area contributed by atoms with Crippen LogP contribution in [0, 0.1) is 5.92 Å². The number of anilines is 3. The van der Waals surface area contributed by atoms with Gasteiger partial charge in [0.15, 0.2) is 0 Å². The molecule has 0 spiro atoms. The van der Waals surface area contributed by atoms with Crippen LogP contribution in [0.5, 0.6) is 0 Å². The predicted octanol–water partition coefficient (Wildman–Crippen LogP) is 4.76. The van der Waals surface area contributed by atoms with Crippen LogP contribution in [-0.4, -0.2) is 69.6 Å². The molecule has 2 aromatic rings. The lowest BCUT2D eigenvalue weighted by atomic mass is 9.74. The second kappa shape index (κ2) is 10.2. The molecule has 10 nitrogen and oxygen atoms in total. The van der Waals surface area contributed by atoms with Crippen LogP contribution in [0.3, 0.4) is 0 Å². The normalized spacial score (nSPS) is 22.5. The van der Waals surface area contributed by atoms with Gasteiger partial charge in [-0.05, 0) is 109 Å². The Morgan fingerprint density at radius 3 is 2.28 bits per heavy atom. The van der Waals surface area contributed by atoms with Crippen molar-refractivity contribution in [3.63, 3.8) is 0 Å². The number of imide groups is 1. The van der Waals surface area contributed by atoms with Gasteiger partial charge in [0, 0.05) is 13.1 Å². The van der Waals surface area contributed by atoms with Crippen LogP contribution in [0.1, 0.15) is 90.1 Å². The molecule has 0 unspecified atom stereocenters. The highest BCUT2D eigenvalue weighted by molar-refractivity contribution is 6.63. The molecule has 1 aromatic heterocycles. The minimum Gasteiger partial charge on any atom is -0.443 e. The number of pyridine rings is 1. The van der Waals surface area contributed by atoms with E-state index in [2.05, 4.69) is 15.2 Å². The van der Waals surface area contributed by atoms with Gasteiger partial charge >= 0.3 is 13.2 Å². The molecule has 1 saturated carbocycles. The molecule has 1 aromatic carbocycles. The first-order valence-corrected chi connectivity index (χ1v) is 15.3. The van der Waals surface area contributed by atoms with Crippen molar-refractivity contribution in [3.8, 4) is 0 Å². The first-order chi connectivity index (χ1) is 20.1. The number of benzene rings is 1. The van der Waals surface area contributed by atoms with Crippen molar-refractivity contribution in [2.24, 2.45) is 5.92 Å². The number of rotatable bonds is 5. The van der Waals surface area contributed by atoms with E-state index in [0.717, 1.165) is 49.4 Å². The number of nitrogens with one attached hydrogen (secondary N) is 1. The molecule has 3 aliphatic heterocycles. The standard InChI is InChI=1S/C32H43BN4O6/c1-29(2,3)41-28(39)37-19-22-23(33-42-30(4,5)31(6,7)43-33)11-12-24(26(22)27(37)38)35-25-13-10-21(18-34-25)36-16-14-32(40,15-17-36)20-8-9-20/h10-13,18,20,40H,8-9,14-17,19H2,1-7H3,(H,34,35). The Balaban J connectivity index is 1.25. The lowest BCUT2D eigenvalue weighted by Gasteiger charge is -2.39. The number of hydrogen-bond acceptors (Lipinski definition) is 9. The fraction of sp³-hybridized carbons (Fsp3) is 0.594. The Morgan fingerprint density at radius 1 is 1.07 bits per heavy atom. The minimum absolute atomic E-state index is 0.0482. The first kappa shape index (κ1) is 29.9. The maximum atomic E-state index is 13.8. The summed E-state index contributed by atoms with van der Waals surface area (Å²) in [7, 11) is -0.696. The summed E-state index contributed by atoms with van der Waals surface area (Å²) in [6.07, 6.45) is 4.94. The summed E-state index contributed by atoms with van der Waals surface area (Å²) in [5.74, 6) is 0.591. The largest absolute Gasteiger partial charge is 0.495 e. The number of amides is 2. The Morgan fingerprint density at radius 2 is 1.72 bits per heavy atom. The van der Waals surface area contributed by atoms with Crippen LogP contribution in [0.25, 0.3) is 0 Å². The zero-order valence-electron chi connectivity index (χ0n) is 26.3. The van der Waals surface area contributed by atoms with Crippen molar-refractivity contribution < 1.29 is 28.7 Å². The summed E-state index contributed by atoms with van der Waals surface area (Å²) in [5.41, 5.74) is 0.883. The van der Waals surface area contributed by atoms with Crippen molar-refractivity contribution in [2.75, 3.05) is 23.3 Å². The maximum Gasteiger partial charge on any atom is 0.495 e. The summed E-state index contributed by atoms with van der Waals surface area (Å²) in [4.78, 5) is 34.9. The maximum absolute atomic E-state index is 13.8. The SMILES string of the molecule is CC(C)(C)OC(=O)N1Cc2c(B3OC(C)(C)C(C)(C)O3)ccc(Nc3ccc(N4CCC(O)(C5CC5)CC4)cn3)c2C1=O. The van der Waals surface area contributed by atoms with Gasteiger partial charge in [0.2, 0.25) is 0 Å². The van der Waals surface area contributed by atoms with Crippen LogP contribution in [0.15, 0.2) is 30.5 Å². The Bertz CT molecular complexity index is 1410. The number of hydrogen-bond donors (Lipinski definition) is 2. The number of piperidine rings is 1. The molecule has 4 aliphatic rings. The average Bonchev–Trinajstić information content (AvgIpc) is 3.68. The van der Waals surface area contributed by atoms with E-state index < -0.39 is 41.5 Å². The highest BCUT2D eigenvalue weighted by Gasteiger charge is 2.53. The van der Waals surface area contributed by atoms with Gasteiger partial charge in [-0.25, -0.2) is 14.7 Å². The molecule has 1 aliphatic carbocycles. The van der Waals surface area contributed by atoms with E-state index in [0.29, 0.717) is 34.0 Å². The Kier molecular flexibility index (Phi) is 7.10. The molecule has 0 radical (unpaired) electrons. The monoisotopic (exact) mass is 590 g/mol. The molecule has 4 heterocycles. The third-order valence-corrected chi connectivity index (χ3v) is 9.59. The van der Waals surface area contributed by atoms with E-state index in [1.807, 2.05) is 58.2 Å². The smallest absolute Gasteiger partial charge is 0.443 e. The van der Waals surface area contributed by atoms with Crippen LogP contribution in [0.4, 0.5) is 22.0 Å². The Hall–Kier alpha value is -3.15. The number of ether oxygens (including phenoxy) is 1. The number of aromatic nitrogens is 1.